The molecule has 2 heterocycles. The van der Waals surface area contributed by atoms with E-state index in [0.29, 0.717) is 11.3 Å². The number of aromatic nitrogens is 1. The van der Waals surface area contributed by atoms with Crippen LogP contribution in [-0.2, 0) is 4.79 Å². The van der Waals surface area contributed by atoms with Crippen LogP contribution in [0.4, 0.5) is 0 Å². The van der Waals surface area contributed by atoms with Gasteiger partial charge < -0.3 is 20.2 Å². The Kier molecular flexibility index (Phi) is 2.44. The van der Waals surface area contributed by atoms with Crippen molar-refractivity contribution in [2.75, 3.05) is 6.54 Å². The Hall–Kier alpha value is -1.79. The van der Waals surface area contributed by atoms with E-state index in [1.807, 2.05) is 0 Å². The van der Waals surface area contributed by atoms with Crippen molar-refractivity contribution in [3.05, 3.63) is 24.1 Å². The monoisotopic (exact) mass is 209 g/mol. The van der Waals surface area contributed by atoms with Crippen LogP contribution in [0.3, 0.4) is 0 Å². The molecule has 0 bridgehead atoms. The number of nitrogens with two attached hydrogens (primary N) is 1. The summed E-state index contributed by atoms with van der Waals surface area (Å²) in [5, 5.41) is 12.2. The first-order valence-electron chi connectivity index (χ1n) is 4.42. The molecule has 5 N–H and O–H groups in total. The zero-order chi connectivity index (χ0) is 10.8. The highest BCUT2D eigenvalue weighted by Gasteiger charge is 2.11. The Balaban J connectivity index is 2.09. The number of hydrogen-bond acceptors (Lipinski definition) is 4. The van der Waals surface area contributed by atoms with Gasteiger partial charge in [-0.2, -0.15) is 0 Å². The predicted octanol–water partition coefficient (Wildman–Crippen LogP) is -0.173. The molecule has 0 fully saturated rings. The Morgan fingerprint density at radius 2 is 2.53 bits per heavy atom. The number of aromatic amines is 1. The summed E-state index contributed by atoms with van der Waals surface area (Å²) in [6.07, 6.45) is 0.592. The number of carbonyl (C=O) groups excluding carboxylic acids is 1. The molecule has 0 spiro atoms. The fourth-order valence-corrected chi connectivity index (χ4v) is 1.32. The maximum atomic E-state index is 10.5. The first-order chi connectivity index (χ1) is 7.16. The number of carbonyl (C=O) groups is 1. The normalized spacial score (nSPS) is 13.1. The molecule has 0 saturated carbocycles. The summed E-state index contributed by atoms with van der Waals surface area (Å²) in [6, 6.07) is 3.41. The molecule has 0 saturated heterocycles. The van der Waals surface area contributed by atoms with Crippen molar-refractivity contribution in [1.29, 1.82) is 0 Å². The molecule has 0 aliphatic heterocycles. The van der Waals surface area contributed by atoms with Crippen LogP contribution in [-0.4, -0.2) is 22.5 Å². The highest BCUT2D eigenvalue weighted by molar-refractivity contribution is 5.76. The van der Waals surface area contributed by atoms with Gasteiger partial charge in [0.05, 0.1) is 24.0 Å². The lowest BCUT2D eigenvalue weighted by molar-refractivity contribution is -0.117. The van der Waals surface area contributed by atoms with Crippen molar-refractivity contribution in [3.8, 4) is 0 Å². The molecule has 2 rings (SSSR count). The lowest BCUT2D eigenvalue weighted by Crippen LogP contribution is -2.31. The van der Waals surface area contributed by atoms with Gasteiger partial charge in [0.15, 0.2) is 5.58 Å². The van der Waals surface area contributed by atoms with Crippen molar-refractivity contribution < 1.29 is 14.3 Å². The molecule has 0 aliphatic rings. The second kappa shape index (κ2) is 3.76. The molecule has 0 aromatic carbocycles. The van der Waals surface area contributed by atoms with E-state index >= 15 is 0 Å². The summed E-state index contributed by atoms with van der Waals surface area (Å²) in [5.74, 6) is -0.524. The lowest BCUT2D eigenvalue weighted by Gasteiger charge is -2.08. The van der Waals surface area contributed by atoms with Gasteiger partial charge in [-0.1, -0.05) is 0 Å². The van der Waals surface area contributed by atoms with Gasteiger partial charge in [0.1, 0.15) is 6.23 Å². The van der Waals surface area contributed by atoms with Crippen LogP contribution < -0.4 is 11.1 Å². The van der Waals surface area contributed by atoms with Gasteiger partial charge in [0.25, 0.3) is 0 Å². The first kappa shape index (κ1) is 9.75. The van der Waals surface area contributed by atoms with Gasteiger partial charge in [-0.3, -0.25) is 10.1 Å². The zero-order valence-corrected chi connectivity index (χ0v) is 7.86. The largest absolute Gasteiger partial charge is 0.463 e. The van der Waals surface area contributed by atoms with Crippen LogP contribution in [0, 0.1) is 0 Å². The number of H-pyrrole nitrogens is 1. The van der Waals surface area contributed by atoms with E-state index in [1.165, 1.54) is 0 Å². The van der Waals surface area contributed by atoms with E-state index in [1.54, 1.807) is 18.4 Å². The van der Waals surface area contributed by atoms with E-state index in [-0.39, 0.29) is 6.54 Å². The van der Waals surface area contributed by atoms with Crippen LogP contribution in [0.25, 0.3) is 11.1 Å². The van der Waals surface area contributed by atoms with Crippen LogP contribution in [0.15, 0.2) is 22.8 Å². The first-order valence-corrected chi connectivity index (χ1v) is 4.42. The van der Waals surface area contributed by atoms with Crippen LogP contribution >= 0.6 is 0 Å². The Labute approximate surface area is 85.1 Å². The number of hydrogen-bond donors (Lipinski definition) is 4. The summed E-state index contributed by atoms with van der Waals surface area (Å²) in [4.78, 5) is 13.4. The van der Waals surface area contributed by atoms with E-state index in [9.17, 15) is 9.90 Å². The van der Waals surface area contributed by atoms with Crippen LogP contribution in [0.2, 0.25) is 0 Å². The molecule has 0 aliphatic carbocycles. The highest BCUT2D eigenvalue weighted by Crippen LogP contribution is 2.19. The summed E-state index contributed by atoms with van der Waals surface area (Å²) in [6.45, 7) is -0.0818. The minimum atomic E-state index is -0.958. The molecule has 1 atom stereocenters. The fraction of sp³-hybridized carbons (Fsp3) is 0.222. The lowest BCUT2D eigenvalue weighted by atomic mass is 10.3. The molecule has 0 radical (unpaired) electrons. The van der Waals surface area contributed by atoms with Crippen molar-refractivity contribution in [2.45, 2.75) is 6.23 Å². The molecule has 2 aromatic heterocycles. The topological polar surface area (TPSA) is 104 Å². The quantitative estimate of drug-likeness (QED) is 0.524. The average Bonchev–Trinajstić information content (AvgIpc) is 2.72. The third-order valence-electron chi connectivity index (χ3n) is 2.03. The van der Waals surface area contributed by atoms with Gasteiger partial charge in [0, 0.05) is 12.1 Å². The maximum Gasteiger partial charge on any atom is 0.231 e. The average molecular weight is 209 g/mol. The standard InChI is InChI=1S/C9H11N3O3/c10-8(13)4-11-9(14)6-3-7-5(12-6)1-2-15-7/h1-3,9,11-12,14H,4H2,(H2,10,13). The smallest absolute Gasteiger partial charge is 0.231 e. The number of amides is 1. The van der Waals surface area contributed by atoms with Crippen molar-refractivity contribution in [2.24, 2.45) is 5.73 Å². The minimum absolute atomic E-state index is 0.0818. The predicted molar refractivity (Wildman–Crippen MR) is 52.7 cm³/mol. The number of rotatable bonds is 4. The van der Waals surface area contributed by atoms with Crippen molar-refractivity contribution >= 4 is 17.0 Å². The third kappa shape index (κ3) is 2.00. The molecule has 2 aromatic rings. The molecular weight excluding hydrogens is 198 g/mol. The summed E-state index contributed by atoms with van der Waals surface area (Å²) < 4.78 is 5.11. The second-order valence-corrected chi connectivity index (χ2v) is 3.17. The third-order valence-corrected chi connectivity index (χ3v) is 2.03. The van der Waals surface area contributed by atoms with Crippen LogP contribution in [0.1, 0.15) is 11.9 Å². The molecule has 6 nitrogen and oxygen atoms in total. The van der Waals surface area contributed by atoms with E-state index in [0.717, 1.165) is 5.52 Å². The van der Waals surface area contributed by atoms with Gasteiger partial charge in [-0.25, -0.2) is 0 Å². The summed E-state index contributed by atoms with van der Waals surface area (Å²) in [7, 11) is 0. The molecule has 15 heavy (non-hydrogen) atoms. The fourth-order valence-electron chi connectivity index (χ4n) is 1.32. The zero-order valence-electron chi connectivity index (χ0n) is 7.86. The van der Waals surface area contributed by atoms with E-state index < -0.39 is 12.1 Å². The van der Waals surface area contributed by atoms with Gasteiger partial charge in [0.2, 0.25) is 5.91 Å². The molecule has 80 valence electrons. The van der Waals surface area contributed by atoms with Crippen LogP contribution in [0.5, 0.6) is 0 Å². The van der Waals surface area contributed by atoms with E-state index in [4.69, 9.17) is 10.2 Å². The molecule has 6 heteroatoms. The van der Waals surface area contributed by atoms with Gasteiger partial charge in [-0.15, -0.1) is 0 Å². The number of furan rings is 1. The summed E-state index contributed by atoms with van der Waals surface area (Å²) >= 11 is 0. The summed E-state index contributed by atoms with van der Waals surface area (Å²) in [5.41, 5.74) is 6.92. The minimum Gasteiger partial charge on any atom is -0.463 e. The SMILES string of the molecule is NC(=O)CNC(O)c1cc2occc2[nH]1. The van der Waals surface area contributed by atoms with E-state index in [2.05, 4.69) is 10.3 Å². The van der Waals surface area contributed by atoms with Gasteiger partial charge >= 0.3 is 0 Å². The number of nitrogens with one attached hydrogen (secondary N) is 2. The number of primary amides is 1. The van der Waals surface area contributed by atoms with Crippen molar-refractivity contribution in [1.82, 2.24) is 10.3 Å². The Morgan fingerprint density at radius 3 is 3.20 bits per heavy atom. The molecular formula is C9H11N3O3. The second-order valence-electron chi connectivity index (χ2n) is 3.17. The van der Waals surface area contributed by atoms with Gasteiger partial charge in [-0.05, 0) is 0 Å². The Morgan fingerprint density at radius 1 is 1.73 bits per heavy atom. The van der Waals surface area contributed by atoms with Crippen molar-refractivity contribution in [3.63, 3.8) is 0 Å². The number of aliphatic hydroxyl groups excluding tert-OH is 1. The number of aliphatic hydroxyl groups is 1. The molecule has 1 unspecified atom stereocenters. The maximum absolute atomic E-state index is 10.5. The Bertz CT molecular complexity index is 445. The number of fused-ring (bicyclic) bond motifs is 1. The molecule has 1 amide bonds. The highest BCUT2D eigenvalue weighted by atomic mass is 16.3.